The molecule has 9 aromatic rings. The molecule has 1 aromatic heterocycles. The SMILES string of the molecule is Cc1ccc(NC(=O)N[C@@H]2CC(C)N(c3ccc(-c4ccccc4P(C)(C)=O)c(F)c3F)C2=O)c(F)c1.Cc1ccc(NC(=O)N[C@@H]2C[C@@H](CO)N(c3ccc(-c4ccccc4P(C)(C)=O)c(F)c3F)C2=O)c(F)c1.Cc1ccc(NC(=O)N[C@H]2C(=O)N(c3ccc(-c4cccnc4P(C)(C)=O)c(F)c3F)CC2(C)C)c(F)c1. The molecule has 7 N–H and O–H groups in total. The number of rotatable bonds is 16. The van der Waals surface area contributed by atoms with Crippen molar-refractivity contribution in [3.8, 4) is 33.4 Å². The zero-order valence-corrected chi connectivity index (χ0v) is 66.1. The van der Waals surface area contributed by atoms with Crippen molar-refractivity contribution in [3.63, 3.8) is 0 Å². The molecule has 0 aliphatic carbocycles. The van der Waals surface area contributed by atoms with Crippen LogP contribution in [0.15, 0.2) is 158 Å². The number of nitrogens with zero attached hydrogens (tertiary/aromatic N) is 4. The van der Waals surface area contributed by atoms with E-state index in [0.717, 1.165) is 14.7 Å². The van der Waals surface area contributed by atoms with Gasteiger partial charge >= 0.3 is 18.1 Å². The maximum atomic E-state index is 15.4. The summed E-state index contributed by atoms with van der Waals surface area (Å²) in [5.41, 5.74) is 0.645. The van der Waals surface area contributed by atoms with Gasteiger partial charge in [0.25, 0.3) is 0 Å². The van der Waals surface area contributed by atoms with E-state index in [2.05, 4.69) is 36.9 Å². The summed E-state index contributed by atoms with van der Waals surface area (Å²) in [7, 11) is -8.51. The number of urea groups is 3. The van der Waals surface area contributed by atoms with E-state index >= 15 is 26.3 Å². The van der Waals surface area contributed by atoms with Crippen LogP contribution in [0.5, 0.6) is 0 Å². The summed E-state index contributed by atoms with van der Waals surface area (Å²) in [6.07, 6.45) is 1.49. The molecule has 3 fully saturated rings. The van der Waals surface area contributed by atoms with Crippen molar-refractivity contribution in [1.29, 1.82) is 0 Å². The minimum atomic E-state index is -2.90. The Morgan fingerprint density at radius 1 is 0.460 bits per heavy atom. The van der Waals surface area contributed by atoms with Gasteiger partial charge in [-0.05, 0) is 187 Å². The smallest absolute Gasteiger partial charge is 0.319 e. The van der Waals surface area contributed by atoms with E-state index in [4.69, 9.17) is 0 Å². The largest absolute Gasteiger partial charge is 0.394 e. The average molecular weight is 1620 g/mol. The van der Waals surface area contributed by atoms with E-state index < -0.39 is 158 Å². The van der Waals surface area contributed by atoms with Gasteiger partial charge in [-0.3, -0.25) is 19.4 Å². The highest BCUT2D eigenvalue weighted by Gasteiger charge is 2.49. The molecule has 113 heavy (non-hydrogen) atoms. The number of benzene rings is 8. The van der Waals surface area contributed by atoms with E-state index in [0.29, 0.717) is 32.9 Å². The topological polar surface area (TPSA) is 269 Å². The van der Waals surface area contributed by atoms with Crippen LogP contribution >= 0.6 is 21.4 Å². The first-order valence-corrected chi connectivity index (χ1v) is 43.2. The number of aryl methyl sites for hydroxylation is 3. The van der Waals surface area contributed by atoms with Crippen LogP contribution < -0.4 is 62.6 Å². The zero-order valence-electron chi connectivity index (χ0n) is 63.4. The minimum absolute atomic E-state index is 0.0113. The van der Waals surface area contributed by atoms with E-state index in [1.54, 1.807) is 122 Å². The van der Waals surface area contributed by atoms with Crippen molar-refractivity contribution in [1.82, 2.24) is 20.9 Å². The van der Waals surface area contributed by atoms with Gasteiger partial charge in [-0.2, -0.15) is 0 Å². The molecule has 3 aliphatic heterocycles. The standard InChI is InChI=1S/C27H28F3N4O3P.C27H27F3N3O4P.C27H27F3N3O3P/c1-15-8-10-19(18(28)13-15)32-26(36)33-23-25(35)34(14-27(23,2)3)20-11-9-16(21(29)22(20)30)17-7-6-12-31-24(17)38(4,5)37;1-15-8-10-20(19(28)12-15)31-27(36)32-21-13-16(14-34)33(26(21)35)22-11-9-18(24(29)25(22)30)17-6-4-5-7-23(17)38(2,3)37;1-15-9-11-20(19(28)13-15)31-27(35)32-21-14-16(2)33(26(21)34)22-12-10-18(24(29)25(22)30)17-7-5-6-8-23(17)37(3,4)36/h6-13,23H,14H2,1-5H3,(H2,32,33,36);4-12,16,21,34H,13-14H2,1-3H3,(H2,31,32,36);5-13,16,21H,14H2,1-4H3,(H2,31,32,35)/t23-;16-,21+;16?,21-/m001/s1. The van der Waals surface area contributed by atoms with Crippen LogP contribution in [0.25, 0.3) is 33.4 Å². The Bertz CT molecular complexity index is 5430. The summed E-state index contributed by atoms with van der Waals surface area (Å²) in [6, 6.07) is 29.3. The van der Waals surface area contributed by atoms with Gasteiger partial charge in [-0.1, -0.05) is 86.6 Å². The number of carbonyl (C=O) groups is 6. The number of aliphatic hydroxyl groups is 1. The lowest BCUT2D eigenvalue weighted by Gasteiger charge is -2.24. The molecule has 20 nitrogen and oxygen atoms in total. The molecule has 32 heteroatoms. The zero-order chi connectivity index (χ0) is 82.8. The number of carbonyl (C=O) groups excluding carboxylic acids is 6. The van der Waals surface area contributed by atoms with Crippen LogP contribution in [0.3, 0.4) is 0 Å². The second-order valence-corrected chi connectivity index (χ2v) is 39.0. The summed E-state index contributed by atoms with van der Waals surface area (Å²) in [5, 5.41) is 25.2. The molecule has 4 heterocycles. The van der Waals surface area contributed by atoms with E-state index in [1.165, 1.54) is 118 Å². The second-order valence-electron chi connectivity index (χ2n) is 29.5. The summed E-state index contributed by atoms with van der Waals surface area (Å²) >= 11 is 0. The van der Waals surface area contributed by atoms with Crippen molar-refractivity contribution in [3.05, 3.63) is 227 Å². The summed E-state index contributed by atoms with van der Waals surface area (Å²) in [5.74, 6) is -11.3. The maximum absolute atomic E-state index is 15.4. The van der Waals surface area contributed by atoms with E-state index in [1.807, 2.05) is 0 Å². The first-order chi connectivity index (χ1) is 53.0. The lowest BCUT2D eigenvalue weighted by molar-refractivity contribution is -0.120. The van der Waals surface area contributed by atoms with Crippen LogP contribution in [0.1, 0.15) is 50.3 Å². The number of anilines is 6. The first-order valence-electron chi connectivity index (χ1n) is 35.3. The van der Waals surface area contributed by atoms with Gasteiger partial charge in [-0.25, -0.2) is 53.9 Å². The number of aromatic nitrogens is 1. The Labute approximate surface area is 646 Å². The number of amides is 9. The molecule has 594 valence electrons. The monoisotopic (exact) mass is 1620 g/mol. The highest BCUT2D eigenvalue weighted by atomic mass is 31.2. The Hall–Kier alpha value is -10.9. The lowest BCUT2D eigenvalue weighted by atomic mass is 9.87. The Morgan fingerprint density at radius 2 is 0.841 bits per heavy atom. The maximum Gasteiger partial charge on any atom is 0.319 e. The number of hydrogen-bond donors (Lipinski definition) is 7. The number of nitrogens with one attached hydrogen (secondary N) is 6. The number of pyridine rings is 1. The van der Waals surface area contributed by atoms with Crippen molar-refractivity contribution in [2.24, 2.45) is 5.41 Å². The van der Waals surface area contributed by atoms with Gasteiger partial charge in [0, 0.05) is 57.1 Å². The summed E-state index contributed by atoms with van der Waals surface area (Å²) in [4.78, 5) is 84.2. The molecule has 3 aliphatic rings. The lowest BCUT2D eigenvalue weighted by Crippen LogP contribution is -2.48. The normalized spacial score (nSPS) is 17.4. The number of halogens is 9. The van der Waals surface area contributed by atoms with Crippen molar-refractivity contribution in [2.45, 2.75) is 84.6 Å². The quantitative estimate of drug-likeness (QED) is 0.0353. The molecule has 0 spiro atoms. The third-order valence-corrected chi connectivity index (χ3v) is 23.6. The van der Waals surface area contributed by atoms with E-state index in [-0.39, 0.29) is 81.1 Å². The van der Waals surface area contributed by atoms with Gasteiger partial charge in [0.2, 0.25) is 17.7 Å². The third kappa shape index (κ3) is 18.6. The molecule has 5 atom stereocenters. The first kappa shape index (κ1) is 84.6. The van der Waals surface area contributed by atoms with E-state index in [9.17, 15) is 60.7 Å². The predicted molar refractivity (Wildman–Crippen MR) is 422 cm³/mol. The van der Waals surface area contributed by atoms with Crippen LogP contribution in [-0.2, 0) is 28.1 Å². The molecular formula is C81H82F9N10O10P3. The van der Waals surface area contributed by atoms with Crippen LogP contribution in [-0.4, -0.2) is 129 Å². The molecule has 0 radical (unpaired) electrons. The van der Waals surface area contributed by atoms with Crippen molar-refractivity contribution >= 4 is 107 Å². The molecule has 0 bridgehead atoms. The fourth-order valence-electron chi connectivity index (χ4n) is 13.6. The molecular weight excluding hydrogens is 1540 g/mol. The highest BCUT2D eigenvalue weighted by Crippen LogP contribution is 2.45. The van der Waals surface area contributed by atoms with Gasteiger partial charge in [0.1, 0.15) is 62.4 Å². The third-order valence-electron chi connectivity index (χ3n) is 19.2. The van der Waals surface area contributed by atoms with Gasteiger partial charge in [0.05, 0.1) is 46.8 Å². The molecule has 0 saturated carbocycles. The minimum Gasteiger partial charge on any atom is -0.394 e. The van der Waals surface area contributed by atoms with Gasteiger partial charge < -0.3 is 65.4 Å². The molecule has 3 saturated heterocycles. The Balaban J connectivity index is 0.000000180. The molecule has 12 rings (SSSR count). The van der Waals surface area contributed by atoms with Crippen LogP contribution in [0, 0.1) is 78.5 Å². The fourth-order valence-corrected chi connectivity index (χ4v) is 17.2. The average Bonchev–Trinajstić information content (AvgIpc) is 1.65. The molecule has 9 amide bonds. The van der Waals surface area contributed by atoms with Crippen molar-refractivity contribution in [2.75, 3.05) is 83.8 Å². The number of aliphatic hydroxyl groups excluding tert-OH is 1. The Morgan fingerprint density at radius 3 is 1.27 bits per heavy atom. The predicted octanol–water partition coefficient (Wildman–Crippen LogP) is 15.5. The second kappa shape index (κ2) is 33.8. The molecule has 8 aromatic carbocycles. The summed E-state index contributed by atoms with van der Waals surface area (Å²) < 4.78 is 173. The molecule has 1 unspecified atom stereocenters. The summed E-state index contributed by atoms with van der Waals surface area (Å²) in [6.45, 7) is 18.7. The number of hydrogen-bond acceptors (Lipinski definition) is 11. The van der Waals surface area contributed by atoms with Gasteiger partial charge in [-0.15, -0.1) is 0 Å². The van der Waals surface area contributed by atoms with Crippen LogP contribution in [0.2, 0.25) is 0 Å². The van der Waals surface area contributed by atoms with Crippen LogP contribution in [0.4, 0.5) is 88.0 Å². The highest BCUT2D eigenvalue weighted by molar-refractivity contribution is 7.71. The Kier molecular flexibility index (Phi) is 25.3. The van der Waals surface area contributed by atoms with Gasteiger partial charge in [0.15, 0.2) is 34.9 Å². The fraction of sp³-hybridized carbons (Fsp3) is 0.272. The van der Waals surface area contributed by atoms with Crippen molar-refractivity contribution < 1.29 is 87.1 Å².